The Hall–Kier alpha value is -2.26. The van der Waals surface area contributed by atoms with Crippen LogP contribution in [0.3, 0.4) is 0 Å². The highest BCUT2D eigenvalue weighted by atomic mass is 16.5. The highest BCUT2D eigenvalue weighted by molar-refractivity contribution is 5.95. The fourth-order valence-electron chi connectivity index (χ4n) is 3.44. The molecule has 0 bridgehead atoms. The summed E-state index contributed by atoms with van der Waals surface area (Å²) >= 11 is 0. The van der Waals surface area contributed by atoms with E-state index >= 15 is 0 Å². The third kappa shape index (κ3) is 1.78. The number of nitrogens with one attached hydrogen (secondary N) is 1. The van der Waals surface area contributed by atoms with Crippen LogP contribution in [0.25, 0.3) is 22.2 Å². The minimum absolute atomic E-state index is 0.141. The molecule has 1 atom stereocenters. The van der Waals surface area contributed by atoms with Crippen molar-refractivity contribution < 1.29 is 4.74 Å². The first kappa shape index (κ1) is 12.5. The van der Waals surface area contributed by atoms with E-state index in [1.54, 1.807) is 7.11 Å². The van der Waals surface area contributed by atoms with E-state index in [1.807, 2.05) is 18.2 Å². The van der Waals surface area contributed by atoms with Gasteiger partial charge in [-0.25, -0.2) is 0 Å². The molecule has 1 aromatic heterocycles. The second kappa shape index (κ2) is 4.64. The summed E-state index contributed by atoms with van der Waals surface area (Å²) in [7, 11) is 1.72. The number of hydrogen-bond acceptors (Lipinski definition) is 2. The Bertz CT molecular complexity index is 819. The third-order valence-electron chi connectivity index (χ3n) is 4.44. The SMILES string of the molecule is COc1ccccc1-c1[nH]c2cccc3c2c1CCC3N. The molecule has 1 heterocycles. The predicted octanol–water partition coefficient (Wildman–Crippen LogP) is 3.79. The lowest BCUT2D eigenvalue weighted by Gasteiger charge is -2.20. The summed E-state index contributed by atoms with van der Waals surface area (Å²) in [4.78, 5) is 3.57. The molecule has 3 nitrogen and oxygen atoms in total. The molecule has 3 N–H and O–H groups in total. The van der Waals surface area contributed by atoms with E-state index < -0.39 is 0 Å². The van der Waals surface area contributed by atoms with Crippen LogP contribution in [0.5, 0.6) is 5.75 Å². The third-order valence-corrected chi connectivity index (χ3v) is 4.44. The molecule has 4 rings (SSSR count). The monoisotopic (exact) mass is 278 g/mol. The number of hydrogen-bond donors (Lipinski definition) is 2. The number of para-hydroxylation sites is 1. The van der Waals surface area contributed by atoms with Gasteiger partial charge in [0.15, 0.2) is 0 Å². The van der Waals surface area contributed by atoms with Gasteiger partial charge in [0.25, 0.3) is 0 Å². The lowest BCUT2D eigenvalue weighted by atomic mass is 9.87. The van der Waals surface area contributed by atoms with E-state index in [9.17, 15) is 0 Å². The topological polar surface area (TPSA) is 51.0 Å². The molecular formula is C18H18N2O. The molecule has 1 aliphatic carbocycles. The lowest BCUT2D eigenvalue weighted by Crippen LogP contribution is -2.15. The van der Waals surface area contributed by atoms with Crippen molar-refractivity contribution in [2.75, 3.05) is 7.11 Å². The largest absolute Gasteiger partial charge is 0.496 e. The van der Waals surface area contributed by atoms with Crippen LogP contribution in [0, 0.1) is 0 Å². The average Bonchev–Trinajstić information content (AvgIpc) is 2.91. The first-order chi connectivity index (χ1) is 10.3. The van der Waals surface area contributed by atoms with Gasteiger partial charge in [0.05, 0.1) is 12.8 Å². The maximum atomic E-state index is 6.27. The smallest absolute Gasteiger partial charge is 0.128 e. The van der Waals surface area contributed by atoms with Crippen LogP contribution in [0.15, 0.2) is 42.5 Å². The summed E-state index contributed by atoms with van der Waals surface area (Å²) in [5.74, 6) is 0.900. The number of H-pyrrole nitrogens is 1. The number of ether oxygens (including phenoxy) is 1. The maximum absolute atomic E-state index is 6.27. The van der Waals surface area contributed by atoms with Gasteiger partial charge in [0, 0.05) is 22.5 Å². The predicted molar refractivity (Wildman–Crippen MR) is 85.5 cm³/mol. The molecule has 0 amide bonds. The first-order valence-corrected chi connectivity index (χ1v) is 7.32. The Morgan fingerprint density at radius 1 is 1.14 bits per heavy atom. The van der Waals surface area contributed by atoms with E-state index in [1.165, 1.54) is 27.7 Å². The molecule has 0 aliphatic heterocycles. The fourth-order valence-corrected chi connectivity index (χ4v) is 3.44. The van der Waals surface area contributed by atoms with Gasteiger partial charge in [-0.3, -0.25) is 0 Å². The molecule has 106 valence electrons. The molecule has 1 aliphatic rings. The van der Waals surface area contributed by atoms with Gasteiger partial charge in [-0.15, -0.1) is 0 Å². The van der Waals surface area contributed by atoms with Crippen molar-refractivity contribution in [1.29, 1.82) is 0 Å². The summed E-state index contributed by atoms with van der Waals surface area (Å²) in [6.07, 6.45) is 2.00. The standard InChI is InChI=1S/C18H18N2O/c1-21-16-8-3-2-5-12(16)18-13-9-10-14(19)11-6-4-7-15(20-18)17(11)13/h2-8,14,20H,9-10,19H2,1H3. The van der Waals surface area contributed by atoms with E-state index in [2.05, 4.69) is 29.2 Å². The van der Waals surface area contributed by atoms with Crippen LogP contribution < -0.4 is 10.5 Å². The van der Waals surface area contributed by atoms with Crippen LogP contribution in [0.4, 0.5) is 0 Å². The summed E-state index contributed by atoms with van der Waals surface area (Å²) in [6.45, 7) is 0. The van der Waals surface area contributed by atoms with Crippen molar-refractivity contribution in [2.45, 2.75) is 18.9 Å². The van der Waals surface area contributed by atoms with Crippen molar-refractivity contribution in [3.63, 3.8) is 0 Å². The van der Waals surface area contributed by atoms with E-state index in [-0.39, 0.29) is 6.04 Å². The van der Waals surface area contributed by atoms with Crippen LogP contribution in [-0.2, 0) is 6.42 Å². The van der Waals surface area contributed by atoms with E-state index in [0.29, 0.717) is 0 Å². The molecule has 0 saturated carbocycles. The first-order valence-electron chi connectivity index (χ1n) is 7.32. The second-order valence-corrected chi connectivity index (χ2v) is 5.59. The fraction of sp³-hybridized carbons (Fsp3) is 0.222. The quantitative estimate of drug-likeness (QED) is 0.749. The summed E-state index contributed by atoms with van der Waals surface area (Å²) in [6, 6.07) is 14.6. The molecule has 0 saturated heterocycles. The van der Waals surface area contributed by atoms with Crippen LogP contribution in [0.1, 0.15) is 23.6 Å². The zero-order valence-electron chi connectivity index (χ0n) is 12.0. The normalized spacial score (nSPS) is 17.1. The molecule has 0 radical (unpaired) electrons. The number of nitrogens with two attached hydrogens (primary N) is 1. The average molecular weight is 278 g/mol. The lowest BCUT2D eigenvalue weighted by molar-refractivity contribution is 0.416. The zero-order chi connectivity index (χ0) is 14.4. The Kier molecular flexibility index (Phi) is 2.76. The van der Waals surface area contributed by atoms with Crippen molar-refractivity contribution in [3.8, 4) is 17.0 Å². The number of benzene rings is 2. The molecule has 0 spiro atoms. The van der Waals surface area contributed by atoms with Gasteiger partial charge >= 0.3 is 0 Å². The van der Waals surface area contributed by atoms with Crippen molar-refractivity contribution in [3.05, 3.63) is 53.6 Å². The number of methoxy groups -OCH3 is 1. The minimum Gasteiger partial charge on any atom is -0.496 e. The molecule has 3 aromatic rings. The van der Waals surface area contributed by atoms with Gasteiger partial charge in [-0.05, 0) is 42.2 Å². The van der Waals surface area contributed by atoms with Gasteiger partial charge in [0.2, 0.25) is 0 Å². The van der Waals surface area contributed by atoms with Crippen LogP contribution in [-0.4, -0.2) is 12.1 Å². The number of aromatic nitrogens is 1. The number of aromatic amines is 1. The van der Waals surface area contributed by atoms with Crippen LogP contribution >= 0.6 is 0 Å². The van der Waals surface area contributed by atoms with Gasteiger partial charge in [0.1, 0.15) is 5.75 Å². The summed E-state index contributed by atoms with van der Waals surface area (Å²) in [5, 5.41) is 1.30. The highest BCUT2D eigenvalue weighted by Gasteiger charge is 2.24. The van der Waals surface area contributed by atoms with Crippen LogP contribution in [0.2, 0.25) is 0 Å². The second-order valence-electron chi connectivity index (χ2n) is 5.59. The molecule has 0 fully saturated rings. The van der Waals surface area contributed by atoms with Gasteiger partial charge in [-0.1, -0.05) is 24.3 Å². The molecular weight excluding hydrogens is 260 g/mol. The van der Waals surface area contributed by atoms with E-state index in [0.717, 1.165) is 24.2 Å². The Morgan fingerprint density at radius 3 is 2.86 bits per heavy atom. The van der Waals surface area contributed by atoms with Crippen molar-refractivity contribution in [1.82, 2.24) is 4.98 Å². The highest BCUT2D eigenvalue weighted by Crippen LogP contribution is 2.41. The van der Waals surface area contributed by atoms with Crippen molar-refractivity contribution >= 4 is 10.9 Å². The van der Waals surface area contributed by atoms with Gasteiger partial charge in [-0.2, -0.15) is 0 Å². The molecule has 3 heteroatoms. The summed E-state index contributed by atoms with van der Waals surface area (Å²) in [5.41, 5.74) is 12.3. The Morgan fingerprint density at radius 2 is 2.00 bits per heavy atom. The maximum Gasteiger partial charge on any atom is 0.128 e. The Labute approximate surface area is 123 Å². The number of aryl methyl sites for hydroxylation is 1. The molecule has 1 unspecified atom stereocenters. The summed E-state index contributed by atoms with van der Waals surface area (Å²) < 4.78 is 5.52. The van der Waals surface area contributed by atoms with E-state index in [4.69, 9.17) is 10.5 Å². The zero-order valence-corrected chi connectivity index (χ0v) is 12.0. The Balaban J connectivity index is 2.04. The van der Waals surface area contributed by atoms with Gasteiger partial charge < -0.3 is 15.5 Å². The van der Waals surface area contributed by atoms with Crippen molar-refractivity contribution in [2.24, 2.45) is 5.73 Å². The number of rotatable bonds is 2. The minimum atomic E-state index is 0.141. The molecule has 21 heavy (non-hydrogen) atoms. The molecule has 2 aromatic carbocycles.